The quantitative estimate of drug-likeness (QED) is 0.760. The van der Waals surface area contributed by atoms with Gasteiger partial charge in [0.05, 0.1) is 10.7 Å². The van der Waals surface area contributed by atoms with Gasteiger partial charge in [-0.1, -0.05) is 44.0 Å². The van der Waals surface area contributed by atoms with Crippen LogP contribution in [0.25, 0.3) is 0 Å². The van der Waals surface area contributed by atoms with Crippen LogP contribution in [-0.4, -0.2) is 12.6 Å². The molecule has 2 rings (SSSR count). The normalized spacial score (nSPS) is 14.8. The Balaban J connectivity index is 2.37. The number of ether oxygens (including phenoxy) is 1. The second-order valence-electron chi connectivity index (χ2n) is 5.60. The van der Waals surface area contributed by atoms with E-state index in [0.29, 0.717) is 29.1 Å². The van der Waals surface area contributed by atoms with E-state index in [-0.39, 0.29) is 5.41 Å². The first-order valence-electron chi connectivity index (χ1n) is 6.23. The number of benzene rings is 1. The zero-order valence-electron chi connectivity index (χ0n) is 11.7. The van der Waals surface area contributed by atoms with E-state index in [4.69, 9.17) is 34.4 Å². The summed E-state index contributed by atoms with van der Waals surface area (Å²) in [5.74, 6) is 3.26. The number of nitrogens with zero attached hydrogens (tertiary/aromatic N) is 2. The van der Waals surface area contributed by atoms with Gasteiger partial charge in [-0.25, -0.2) is 5.01 Å². The molecule has 0 amide bonds. The Hall–Kier alpha value is -1.37. The van der Waals surface area contributed by atoms with E-state index in [1.165, 1.54) is 0 Å². The molecule has 1 heterocycles. The lowest BCUT2D eigenvalue weighted by Crippen LogP contribution is -2.20. The summed E-state index contributed by atoms with van der Waals surface area (Å²) in [5.41, 5.74) is 1.46. The molecule has 3 nitrogen and oxygen atoms in total. The Bertz CT molecular complexity index is 597. The van der Waals surface area contributed by atoms with Crippen molar-refractivity contribution in [1.29, 1.82) is 0 Å². The van der Waals surface area contributed by atoms with Gasteiger partial charge in [-0.2, -0.15) is 0 Å². The fraction of sp³-hybridized carbons (Fsp3) is 0.400. The third-order valence-electron chi connectivity index (χ3n) is 2.86. The zero-order valence-corrected chi connectivity index (χ0v) is 13.2. The summed E-state index contributed by atoms with van der Waals surface area (Å²) in [6.45, 7) is 6.47. The van der Waals surface area contributed by atoms with Crippen LogP contribution in [0.3, 0.4) is 0 Å². The van der Waals surface area contributed by atoms with Gasteiger partial charge in [0.1, 0.15) is 0 Å². The summed E-state index contributed by atoms with van der Waals surface area (Å²) in [6, 6.07) is 3.55. The molecule has 0 aliphatic carbocycles. The first kappa shape index (κ1) is 15.0. The topological polar surface area (TPSA) is 24.8 Å². The van der Waals surface area contributed by atoms with Gasteiger partial charge in [0, 0.05) is 16.9 Å². The highest BCUT2D eigenvalue weighted by atomic mass is 35.5. The highest BCUT2D eigenvalue weighted by molar-refractivity contribution is 6.36. The van der Waals surface area contributed by atoms with Crippen molar-refractivity contribution in [2.24, 2.45) is 10.5 Å². The summed E-state index contributed by atoms with van der Waals surface area (Å²) < 4.78 is 5.61. The molecule has 1 aromatic carbocycles. The number of halogens is 2. The minimum absolute atomic E-state index is 0.144. The highest BCUT2D eigenvalue weighted by Gasteiger charge is 2.28. The zero-order chi connectivity index (χ0) is 14.9. The van der Waals surface area contributed by atoms with Crippen LogP contribution in [0.15, 0.2) is 17.2 Å². The maximum Gasteiger partial charge on any atom is 0.213 e. The van der Waals surface area contributed by atoms with E-state index in [9.17, 15) is 0 Å². The number of rotatable bonds is 2. The standard InChI is InChI=1S/C15H16Cl2N2O/c1-5-6-10-7-13(12(17)8-11(10)16)19-9-20-14(18-19)15(2,3)4/h1,7-8H,6,9H2,2-4H3. The van der Waals surface area contributed by atoms with Crippen LogP contribution in [0.4, 0.5) is 5.69 Å². The molecule has 0 atom stereocenters. The summed E-state index contributed by atoms with van der Waals surface area (Å²) in [6.07, 6.45) is 5.79. The van der Waals surface area contributed by atoms with Crippen LogP contribution < -0.4 is 5.01 Å². The van der Waals surface area contributed by atoms with Gasteiger partial charge >= 0.3 is 0 Å². The smallest absolute Gasteiger partial charge is 0.213 e. The Labute approximate surface area is 129 Å². The van der Waals surface area contributed by atoms with Crippen molar-refractivity contribution in [3.8, 4) is 12.3 Å². The van der Waals surface area contributed by atoms with Crippen molar-refractivity contribution >= 4 is 34.8 Å². The van der Waals surface area contributed by atoms with E-state index >= 15 is 0 Å². The van der Waals surface area contributed by atoms with E-state index in [1.807, 2.05) is 26.8 Å². The number of hydrogen-bond donors (Lipinski definition) is 0. The second kappa shape index (κ2) is 5.55. The predicted octanol–water partition coefficient (Wildman–Crippen LogP) is 4.32. The van der Waals surface area contributed by atoms with Crippen LogP contribution in [0.1, 0.15) is 26.3 Å². The first-order valence-corrected chi connectivity index (χ1v) is 6.99. The molecule has 1 aromatic rings. The van der Waals surface area contributed by atoms with Gasteiger partial charge in [0.15, 0.2) is 6.73 Å². The molecule has 0 saturated heterocycles. The van der Waals surface area contributed by atoms with Gasteiger partial charge in [-0.05, 0) is 17.7 Å². The number of hydrazone groups is 1. The monoisotopic (exact) mass is 310 g/mol. The van der Waals surface area contributed by atoms with E-state index in [0.717, 1.165) is 11.3 Å². The maximum absolute atomic E-state index is 6.24. The molecule has 20 heavy (non-hydrogen) atoms. The Morgan fingerprint density at radius 1 is 1.35 bits per heavy atom. The molecule has 0 N–H and O–H groups in total. The van der Waals surface area contributed by atoms with Crippen LogP contribution in [-0.2, 0) is 11.2 Å². The molecule has 0 spiro atoms. The van der Waals surface area contributed by atoms with Crippen LogP contribution >= 0.6 is 23.2 Å². The van der Waals surface area contributed by atoms with Crippen molar-refractivity contribution in [1.82, 2.24) is 0 Å². The summed E-state index contributed by atoms with van der Waals surface area (Å²) in [5, 5.41) is 7.28. The molecular formula is C15H16Cl2N2O. The lowest BCUT2D eigenvalue weighted by Gasteiger charge is -2.15. The molecule has 0 unspecified atom stereocenters. The second-order valence-corrected chi connectivity index (χ2v) is 6.42. The first-order chi connectivity index (χ1) is 9.32. The molecule has 5 heteroatoms. The molecule has 1 aliphatic heterocycles. The average Bonchev–Trinajstić information content (AvgIpc) is 2.81. The third kappa shape index (κ3) is 3.03. The molecular weight excluding hydrogens is 295 g/mol. The average molecular weight is 311 g/mol. The van der Waals surface area contributed by atoms with Gasteiger partial charge in [0.25, 0.3) is 0 Å². The van der Waals surface area contributed by atoms with Crippen molar-refractivity contribution in [3.05, 3.63) is 27.7 Å². The van der Waals surface area contributed by atoms with Crippen LogP contribution in [0.5, 0.6) is 0 Å². The summed E-state index contributed by atoms with van der Waals surface area (Å²) in [7, 11) is 0. The SMILES string of the molecule is C#CCc1cc(N2COC(C(C)(C)C)=N2)c(Cl)cc1Cl. The number of hydrogen-bond acceptors (Lipinski definition) is 3. The van der Waals surface area contributed by atoms with Crippen LogP contribution in [0, 0.1) is 17.8 Å². The largest absolute Gasteiger partial charge is 0.456 e. The minimum Gasteiger partial charge on any atom is -0.456 e. The predicted molar refractivity (Wildman–Crippen MR) is 84.3 cm³/mol. The minimum atomic E-state index is -0.144. The lowest BCUT2D eigenvalue weighted by atomic mass is 9.97. The fourth-order valence-corrected chi connectivity index (χ4v) is 2.35. The molecule has 0 fully saturated rings. The Morgan fingerprint density at radius 3 is 2.60 bits per heavy atom. The highest BCUT2D eigenvalue weighted by Crippen LogP contribution is 2.34. The van der Waals surface area contributed by atoms with E-state index in [1.54, 1.807) is 11.1 Å². The molecule has 106 valence electrons. The van der Waals surface area contributed by atoms with Crippen molar-refractivity contribution in [2.45, 2.75) is 27.2 Å². The number of terminal acetylenes is 1. The third-order valence-corrected chi connectivity index (χ3v) is 3.52. The van der Waals surface area contributed by atoms with E-state index < -0.39 is 0 Å². The van der Waals surface area contributed by atoms with E-state index in [2.05, 4.69) is 11.0 Å². The van der Waals surface area contributed by atoms with Crippen LogP contribution in [0.2, 0.25) is 10.0 Å². The Kier molecular flexibility index (Phi) is 4.17. The molecule has 1 aliphatic rings. The summed E-state index contributed by atoms with van der Waals surface area (Å²) >= 11 is 12.4. The van der Waals surface area contributed by atoms with Crippen molar-refractivity contribution < 1.29 is 4.74 Å². The van der Waals surface area contributed by atoms with Crippen molar-refractivity contribution in [3.63, 3.8) is 0 Å². The van der Waals surface area contributed by atoms with Gasteiger partial charge in [0.2, 0.25) is 5.90 Å². The van der Waals surface area contributed by atoms with Gasteiger partial charge < -0.3 is 4.74 Å². The molecule has 0 saturated carbocycles. The fourth-order valence-electron chi connectivity index (χ4n) is 1.80. The molecule has 0 radical (unpaired) electrons. The van der Waals surface area contributed by atoms with Gasteiger partial charge in [-0.15, -0.1) is 17.4 Å². The Morgan fingerprint density at radius 2 is 2.05 bits per heavy atom. The maximum atomic E-state index is 6.24. The lowest BCUT2D eigenvalue weighted by molar-refractivity contribution is 0.296. The molecule has 0 bridgehead atoms. The number of anilines is 1. The summed E-state index contributed by atoms with van der Waals surface area (Å²) in [4.78, 5) is 0. The van der Waals surface area contributed by atoms with Gasteiger partial charge in [-0.3, -0.25) is 0 Å². The molecule has 0 aromatic heterocycles. The van der Waals surface area contributed by atoms with Crippen molar-refractivity contribution in [2.75, 3.05) is 11.7 Å².